The molecule has 0 unspecified atom stereocenters. The smallest absolute Gasteiger partial charge is 0.269 e. The molecule has 135 valence electrons. The maximum absolute atomic E-state index is 12.9. The van der Waals surface area contributed by atoms with Gasteiger partial charge in [0.1, 0.15) is 6.20 Å². The molecule has 3 rings (SSSR count). The number of nitrogens with zero attached hydrogens (tertiary/aromatic N) is 2. The lowest BCUT2D eigenvalue weighted by atomic mass is 10.1. The standard InChI is InChI=1S/C18H17N2O5S/c1-23-15-11-13(12-16(24-2)17(15)25-3)18-19-9-10-20(18)26(21,22)14-7-5-4-6-8-14/h4-8,10-12H,1-3H3. The molecule has 1 aromatic heterocycles. The molecule has 26 heavy (non-hydrogen) atoms. The Morgan fingerprint density at radius 1 is 0.962 bits per heavy atom. The van der Waals surface area contributed by atoms with Gasteiger partial charge < -0.3 is 14.2 Å². The van der Waals surface area contributed by atoms with E-state index in [1.807, 2.05) is 0 Å². The molecular weight excluding hydrogens is 356 g/mol. The highest BCUT2D eigenvalue weighted by Crippen LogP contribution is 2.41. The van der Waals surface area contributed by atoms with E-state index >= 15 is 0 Å². The zero-order valence-corrected chi connectivity index (χ0v) is 15.3. The summed E-state index contributed by atoms with van der Waals surface area (Å²) in [7, 11) is 0.648. The Morgan fingerprint density at radius 2 is 1.58 bits per heavy atom. The lowest BCUT2D eigenvalue weighted by Crippen LogP contribution is -2.13. The van der Waals surface area contributed by atoms with Gasteiger partial charge in [-0.2, -0.15) is 0 Å². The van der Waals surface area contributed by atoms with Crippen molar-refractivity contribution in [2.75, 3.05) is 21.3 Å². The van der Waals surface area contributed by atoms with Crippen LogP contribution in [0.4, 0.5) is 0 Å². The van der Waals surface area contributed by atoms with Crippen molar-refractivity contribution in [3.63, 3.8) is 0 Å². The Morgan fingerprint density at radius 3 is 2.12 bits per heavy atom. The number of methoxy groups -OCH3 is 3. The maximum atomic E-state index is 12.9. The van der Waals surface area contributed by atoms with E-state index in [1.165, 1.54) is 39.7 Å². The minimum absolute atomic E-state index is 0.153. The minimum Gasteiger partial charge on any atom is -0.493 e. The molecule has 8 heteroatoms. The number of hydrogen-bond acceptors (Lipinski definition) is 6. The van der Waals surface area contributed by atoms with Crippen molar-refractivity contribution in [2.45, 2.75) is 4.90 Å². The second kappa shape index (κ2) is 7.09. The Hall–Kier alpha value is -3.00. The molecule has 1 radical (unpaired) electrons. The summed E-state index contributed by atoms with van der Waals surface area (Å²) >= 11 is 0. The van der Waals surface area contributed by atoms with E-state index in [0.717, 1.165) is 3.97 Å². The van der Waals surface area contributed by atoms with Crippen LogP contribution in [0, 0.1) is 6.20 Å². The third-order valence-electron chi connectivity index (χ3n) is 3.78. The van der Waals surface area contributed by atoms with Gasteiger partial charge in [0.25, 0.3) is 10.0 Å². The van der Waals surface area contributed by atoms with Gasteiger partial charge in [-0.15, -0.1) is 0 Å². The van der Waals surface area contributed by atoms with Crippen LogP contribution in [-0.2, 0) is 10.0 Å². The highest BCUT2D eigenvalue weighted by Gasteiger charge is 2.23. The molecule has 0 saturated heterocycles. The first-order chi connectivity index (χ1) is 12.5. The van der Waals surface area contributed by atoms with Crippen molar-refractivity contribution in [1.29, 1.82) is 0 Å². The number of hydrogen-bond donors (Lipinski definition) is 0. The van der Waals surface area contributed by atoms with E-state index in [1.54, 1.807) is 30.3 Å². The number of aromatic nitrogens is 2. The summed E-state index contributed by atoms with van der Waals surface area (Å²) in [5.74, 6) is 1.39. The van der Waals surface area contributed by atoms with E-state index in [-0.39, 0.29) is 10.7 Å². The molecule has 0 saturated carbocycles. The maximum Gasteiger partial charge on any atom is 0.269 e. The first-order valence-corrected chi connectivity index (χ1v) is 9.03. The van der Waals surface area contributed by atoms with E-state index in [2.05, 4.69) is 11.2 Å². The minimum atomic E-state index is -3.82. The van der Waals surface area contributed by atoms with Crippen molar-refractivity contribution in [3.8, 4) is 28.6 Å². The van der Waals surface area contributed by atoms with Crippen LogP contribution in [-0.4, -0.2) is 38.7 Å². The summed E-state index contributed by atoms with van der Waals surface area (Å²) in [5.41, 5.74) is 0.486. The van der Waals surface area contributed by atoms with E-state index in [9.17, 15) is 8.42 Å². The number of benzene rings is 2. The Balaban J connectivity index is 2.18. The molecule has 3 aromatic rings. The van der Waals surface area contributed by atoms with Crippen LogP contribution < -0.4 is 14.2 Å². The van der Waals surface area contributed by atoms with Gasteiger partial charge in [0, 0.05) is 5.56 Å². The molecule has 1 heterocycles. The van der Waals surface area contributed by atoms with Gasteiger partial charge in [0.2, 0.25) is 5.75 Å². The first kappa shape index (κ1) is 17.8. The van der Waals surface area contributed by atoms with Crippen molar-refractivity contribution in [2.24, 2.45) is 0 Å². The number of rotatable bonds is 6. The molecule has 2 aromatic carbocycles. The fourth-order valence-corrected chi connectivity index (χ4v) is 3.83. The van der Waals surface area contributed by atoms with Crippen LogP contribution >= 0.6 is 0 Å². The topological polar surface area (TPSA) is 79.7 Å². The molecule has 0 fully saturated rings. The predicted octanol–water partition coefficient (Wildman–Crippen LogP) is 2.61. The number of imidazole rings is 1. The molecule has 7 nitrogen and oxygen atoms in total. The van der Waals surface area contributed by atoms with Gasteiger partial charge in [-0.05, 0) is 24.3 Å². The highest BCUT2D eigenvalue weighted by atomic mass is 32.2. The predicted molar refractivity (Wildman–Crippen MR) is 95.2 cm³/mol. The van der Waals surface area contributed by atoms with Crippen LogP contribution in [0.1, 0.15) is 0 Å². The molecule has 0 spiro atoms. The monoisotopic (exact) mass is 373 g/mol. The molecule has 0 aliphatic carbocycles. The third kappa shape index (κ3) is 2.99. The third-order valence-corrected chi connectivity index (χ3v) is 5.44. The van der Waals surface area contributed by atoms with Gasteiger partial charge >= 0.3 is 0 Å². The summed E-state index contributed by atoms with van der Waals surface area (Å²) in [4.78, 5) is 4.24. The molecule has 0 amide bonds. The number of ether oxygens (including phenoxy) is 3. The van der Waals surface area contributed by atoms with Gasteiger partial charge in [0.15, 0.2) is 17.3 Å². The fourth-order valence-electron chi connectivity index (χ4n) is 2.54. The highest BCUT2D eigenvalue weighted by molar-refractivity contribution is 7.90. The lowest BCUT2D eigenvalue weighted by Gasteiger charge is -2.15. The molecule has 0 bridgehead atoms. The van der Waals surface area contributed by atoms with Crippen LogP contribution in [0.3, 0.4) is 0 Å². The van der Waals surface area contributed by atoms with Crippen LogP contribution in [0.15, 0.2) is 53.6 Å². The van der Waals surface area contributed by atoms with Crippen LogP contribution in [0.2, 0.25) is 0 Å². The van der Waals surface area contributed by atoms with E-state index in [0.29, 0.717) is 22.8 Å². The fraction of sp³-hybridized carbons (Fsp3) is 0.167. The quantitative estimate of drug-likeness (QED) is 0.661. The molecule has 0 N–H and O–H groups in total. The van der Waals surface area contributed by atoms with Crippen LogP contribution in [0.25, 0.3) is 11.4 Å². The Labute approximate surface area is 151 Å². The van der Waals surface area contributed by atoms with Crippen molar-refractivity contribution >= 4 is 10.0 Å². The van der Waals surface area contributed by atoms with Gasteiger partial charge in [-0.25, -0.2) is 17.4 Å². The zero-order chi connectivity index (χ0) is 18.7. The summed E-state index contributed by atoms with van der Waals surface area (Å²) in [6, 6.07) is 11.4. The summed E-state index contributed by atoms with van der Waals surface area (Å²) in [6.45, 7) is 0. The van der Waals surface area contributed by atoms with Crippen molar-refractivity contribution < 1.29 is 22.6 Å². The summed E-state index contributed by atoms with van der Waals surface area (Å²) in [5, 5.41) is 0. The average Bonchev–Trinajstić information content (AvgIpc) is 3.18. The second-order valence-electron chi connectivity index (χ2n) is 5.22. The van der Waals surface area contributed by atoms with Gasteiger partial charge in [0.05, 0.1) is 32.4 Å². The van der Waals surface area contributed by atoms with E-state index in [4.69, 9.17) is 14.2 Å². The van der Waals surface area contributed by atoms with Crippen molar-refractivity contribution in [1.82, 2.24) is 8.96 Å². The summed E-state index contributed by atoms with van der Waals surface area (Å²) < 4.78 is 42.9. The van der Waals surface area contributed by atoms with Crippen LogP contribution in [0.5, 0.6) is 17.2 Å². The molecule has 0 aliphatic heterocycles. The average molecular weight is 373 g/mol. The zero-order valence-electron chi connectivity index (χ0n) is 14.5. The molecular formula is C18H17N2O5S. The Bertz CT molecular complexity index is 988. The van der Waals surface area contributed by atoms with Crippen molar-refractivity contribution in [3.05, 3.63) is 54.9 Å². The lowest BCUT2D eigenvalue weighted by molar-refractivity contribution is 0.324. The largest absolute Gasteiger partial charge is 0.493 e. The molecule has 0 atom stereocenters. The summed E-state index contributed by atoms with van der Waals surface area (Å²) in [6.07, 6.45) is 3.88. The van der Waals surface area contributed by atoms with Gasteiger partial charge in [-0.1, -0.05) is 18.2 Å². The Kier molecular flexibility index (Phi) is 4.85. The normalized spacial score (nSPS) is 11.2. The molecule has 0 aliphatic rings. The first-order valence-electron chi connectivity index (χ1n) is 7.59. The second-order valence-corrected chi connectivity index (χ2v) is 7.04. The SMILES string of the molecule is COc1cc(-c2n[c]cn2S(=O)(=O)c2ccccc2)cc(OC)c1OC. The van der Waals surface area contributed by atoms with E-state index < -0.39 is 10.0 Å². The van der Waals surface area contributed by atoms with Gasteiger partial charge in [-0.3, -0.25) is 0 Å².